The number of sulfone groups is 1. The van der Waals surface area contributed by atoms with Crippen LogP contribution in [0.25, 0.3) is 10.9 Å². The van der Waals surface area contributed by atoms with E-state index in [1.54, 1.807) is 0 Å². The number of fused-ring (bicyclic) bond motifs is 1. The maximum absolute atomic E-state index is 11.1. The Hall–Kier alpha value is -1.33. The van der Waals surface area contributed by atoms with Gasteiger partial charge in [0, 0.05) is 24.5 Å². The van der Waals surface area contributed by atoms with Gasteiger partial charge in [0.15, 0.2) is 0 Å². The van der Waals surface area contributed by atoms with Crippen molar-refractivity contribution in [2.24, 2.45) is 0 Å². The molecule has 17 heavy (non-hydrogen) atoms. The monoisotopic (exact) mass is 253 g/mol. The molecular formula is C12H15NO3S. The van der Waals surface area contributed by atoms with Crippen molar-refractivity contribution in [1.82, 2.24) is 4.57 Å². The van der Waals surface area contributed by atoms with E-state index >= 15 is 0 Å². The van der Waals surface area contributed by atoms with Crippen molar-refractivity contribution in [3.05, 3.63) is 36.0 Å². The minimum absolute atomic E-state index is 0.0183. The predicted octanol–water partition coefficient (Wildman–Crippen LogP) is 1.18. The fourth-order valence-electron chi connectivity index (χ4n) is 1.81. The van der Waals surface area contributed by atoms with Crippen LogP contribution in [0.15, 0.2) is 30.5 Å². The molecule has 0 aliphatic heterocycles. The first-order valence-corrected chi connectivity index (χ1v) is 7.42. The smallest absolute Gasteiger partial charge is 0.149 e. The molecule has 92 valence electrons. The molecule has 0 spiro atoms. The number of nitrogens with zero attached hydrogens (tertiary/aromatic N) is 1. The highest BCUT2D eigenvalue weighted by atomic mass is 32.2. The number of rotatable bonds is 4. The molecule has 1 N–H and O–H groups in total. The molecule has 0 amide bonds. The summed E-state index contributed by atoms with van der Waals surface area (Å²) in [4.78, 5) is 0. The molecule has 1 aromatic carbocycles. The molecule has 0 aliphatic carbocycles. The number of aliphatic hydroxyl groups is 1. The van der Waals surface area contributed by atoms with Gasteiger partial charge >= 0.3 is 0 Å². The summed E-state index contributed by atoms with van der Waals surface area (Å²) < 4.78 is 24.1. The summed E-state index contributed by atoms with van der Waals surface area (Å²) >= 11 is 0. The largest absolute Gasteiger partial charge is 0.392 e. The van der Waals surface area contributed by atoms with E-state index in [4.69, 9.17) is 5.11 Å². The third-order valence-electron chi connectivity index (χ3n) is 2.72. The molecule has 0 atom stereocenters. The number of aliphatic hydroxyl groups excluding tert-OH is 1. The molecule has 0 aliphatic rings. The van der Waals surface area contributed by atoms with Crippen LogP contribution in [-0.4, -0.2) is 30.1 Å². The topological polar surface area (TPSA) is 59.3 Å². The zero-order valence-electron chi connectivity index (χ0n) is 9.63. The highest BCUT2D eigenvalue weighted by Crippen LogP contribution is 2.17. The Morgan fingerprint density at radius 3 is 2.71 bits per heavy atom. The van der Waals surface area contributed by atoms with E-state index in [1.807, 2.05) is 35.0 Å². The molecule has 4 nitrogen and oxygen atoms in total. The second-order valence-corrected chi connectivity index (χ2v) is 6.45. The van der Waals surface area contributed by atoms with Crippen LogP contribution in [0.3, 0.4) is 0 Å². The average molecular weight is 253 g/mol. The van der Waals surface area contributed by atoms with Crippen LogP contribution in [0.4, 0.5) is 0 Å². The minimum Gasteiger partial charge on any atom is -0.392 e. The van der Waals surface area contributed by atoms with Crippen molar-refractivity contribution in [1.29, 1.82) is 0 Å². The van der Waals surface area contributed by atoms with Gasteiger partial charge in [0.05, 0.1) is 12.4 Å². The van der Waals surface area contributed by atoms with E-state index in [0.29, 0.717) is 6.54 Å². The summed E-state index contributed by atoms with van der Waals surface area (Å²) in [6.07, 6.45) is 3.11. The standard InChI is InChI=1S/C12H15NO3S/c1-17(15,16)7-6-13-5-4-11-8-10(9-14)2-3-12(11)13/h2-5,8,14H,6-7,9H2,1H3. The van der Waals surface area contributed by atoms with Gasteiger partial charge in [-0.1, -0.05) is 6.07 Å². The van der Waals surface area contributed by atoms with Crippen LogP contribution >= 0.6 is 0 Å². The first kappa shape index (κ1) is 12.1. The molecule has 0 saturated carbocycles. The number of aryl methyl sites for hydroxylation is 1. The van der Waals surface area contributed by atoms with E-state index in [9.17, 15) is 8.42 Å². The summed E-state index contributed by atoms with van der Waals surface area (Å²) in [5.41, 5.74) is 1.85. The Labute approximate surface area is 100 Å². The molecular weight excluding hydrogens is 238 g/mol. The number of hydrogen-bond donors (Lipinski definition) is 1. The van der Waals surface area contributed by atoms with Gasteiger partial charge in [-0.3, -0.25) is 0 Å². The van der Waals surface area contributed by atoms with Gasteiger partial charge in [-0.15, -0.1) is 0 Å². The van der Waals surface area contributed by atoms with Gasteiger partial charge in [0.2, 0.25) is 0 Å². The first-order chi connectivity index (χ1) is 7.99. The lowest BCUT2D eigenvalue weighted by Gasteiger charge is -2.04. The first-order valence-electron chi connectivity index (χ1n) is 5.36. The van der Waals surface area contributed by atoms with Crippen molar-refractivity contribution >= 4 is 20.7 Å². The molecule has 0 saturated heterocycles. The van der Waals surface area contributed by atoms with Gasteiger partial charge < -0.3 is 9.67 Å². The molecule has 0 unspecified atom stereocenters. The average Bonchev–Trinajstić information content (AvgIpc) is 2.67. The molecule has 0 bridgehead atoms. The van der Waals surface area contributed by atoms with Crippen molar-refractivity contribution in [3.8, 4) is 0 Å². The second kappa shape index (κ2) is 4.50. The number of hydrogen-bond acceptors (Lipinski definition) is 3. The van der Waals surface area contributed by atoms with E-state index in [1.165, 1.54) is 6.26 Å². The Kier molecular flexibility index (Phi) is 3.22. The Bertz CT molecular complexity index is 628. The van der Waals surface area contributed by atoms with Crippen molar-refractivity contribution < 1.29 is 13.5 Å². The van der Waals surface area contributed by atoms with Crippen molar-refractivity contribution in [2.45, 2.75) is 13.2 Å². The normalized spacial score (nSPS) is 12.1. The zero-order chi connectivity index (χ0) is 12.5. The number of benzene rings is 1. The van der Waals surface area contributed by atoms with Gasteiger partial charge in [-0.05, 0) is 29.1 Å². The lowest BCUT2D eigenvalue weighted by atomic mass is 10.2. The molecule has 2 aromatic rings. The predicted molar refractivity (Wildman–Crippen MR) is 67.6 cm³/mol. The maximum Gasteiger partial charge on any atom is 0.149 e. The van der Waals surface area contributed by atoms with E-state index in [2.05, 4.69) is 0 Å². The van der Waals surface area contributed by atoms with Gasteiger partial charge in [0.25, 0.3) is 0 Å². The van der Waals surface area contributed by atoms with Crippen LogP contribution < -0.4 is 0 Å². The summed E-state index contributed by atoms with van der Waals surface area (Å²) in [7, 11) is -2.94. The van der Waals surface area contributed by atoms with Crippen LogP contribution in [-0.2, 0) is 23.0 Å². The van der Waals surface area contributed by atoms with Crippen LogP contribution in [0.5, 0.6) is 0 Å². The quantitative estimate of drug-likeness (QED) is 0.890. The van der Waals surface area contributed by atoms with Crippen LogP contribution in [0.2, 0.25) is 0 Å². The van der Waals surface area contributed by atoms with E-state index in [-0.39, 0.29) is 12.4 Å². The van der Waals surface area contributed by atoms with E-state index < -0.39 is 9.84 Å². The maximum atomic E-state index is 11.1. The molecule has 1 heterocycles. The Balaban J connectivity index is 2.30. The van der Waals surface area contributed by atoms with Gasteiger partial charge in [0.1, 0.15) is 9.84 Å². The third-order valence-corrected chi connectivity index (χ3v) is 3.65. The summed E-state index contributed by atoms with van der Waals surface area (Å²) in [5, 5.41) is 10.0. The molecule has 1 aromatic heterocycles. The summed E-state index contributed by atoms with van der Waals surface area (Å²) in [5.74, 6) is 0.137. The third kappa shape index (κ3) is 2.87. The van der Waals surface area contributed by atoms with Crippen LogP contribution in [0, 0.1) is 0 Å². The fourth-order valence-corrected chi connectivity index (χ4v) is 2.34. The van der Waals surface area contributed by atoms with Crippen molar-refractivity contribution in [2.75, 3.05) is 12.0 Å². The SMILES string of the molecule is CS(=O)(=O)CCn1ccc2cc(CO)ccc21. The van der Waals surface area contributed by atoms with Crippen LogP contribution in [0.1, 0.15) is 5.56 Å². The molecule has 0 fully saturated rings. The fraction of sp³-hybridized carbons (Fsp3) is 0.333. The Morgan fingerprint density at radius 1 is 1.29 bits per heavy atom. The number of aromatic nitrogens is 1. The van der Waals surface area contributed by atoms with Gasteiger partial charge in [-0.2, -0.15) is 0 Å². The lowest BCUT2D eigenvalue weighted by molar-refractivity contribution is 0.282. The van der Waals surface area contributed by atoms with Crippen molar-refractivity contribution in [3.63, 3.8) is 0 Å². The zero-order valence-corrected chi connectivity index (χ0v) is 10.4. The summed E-state index contributed by atoms with van der Waals surface area (Å²) in [6, 6.07) is 7.59. The summed E-state index contributed by atoms with van der Waals surface area (Å²) in [6.45, 7) is 0.477. The minimum atomic E-state index is -2.94. The van der Waals surface area contributed by atoms with E-state index in [0.717, 1.165) is 16.5 Å². The lowest BCUT2D eigenvalue weighted by Crippen LogP contribution is -2.10. The second-order valence-electron chi connectivity index (χ2n) is 4.19. The van der Waals surface area contributed by atoms with Gasteiger partial charge in [-0.25, -0.2) is 8.42 Å². The highest BCUT2D eigenvalue weighted by Gasteiger charge is 2.05. The molecule has 5 heteroatoms. The Morgan fingerprint density at radius 2 is 2.06 bits per heavy atom. The molecule has 0 radical (unpaired) electrons. The highest BCUT2D eigenvalue weighted by molar-refractivity contribution is 7.90. The molecule has 2 rings (SSSR count).